The molecule has 2 amide bonds. The number of hydrogen-bond acceptors (Lipinski definition) is 5. The van der Waals surface area contributed by atoms with E-state index >= 15 is 0 Å². The molecule has 1 saturated carbocycles. The number of halogens is 1. The van der Waals surface area contributed by atoms with Crippen molar-refractivity contribution < 1.29 is 28.2 Å². The van der Waals surface area contributed by atoms with Gasteiger partial charge in [0.1, 0.15) is 11.6 Å². The number of ether oxygens (including phenoxy) is 2. The number of carbonyl (C=O) groups excluding carboxylic acids is 3. The Hall–Kier alpha value is -3.42. The van der Waals surface area contributed by atoms with E-state index in [1.807, 2.05) is 0 Å². The van der Waals surface area contributed by atoms with E-state index in [4.69, 9.17) is 15.2 Å². The molecule has 0 aromatic heterocycles. The van der Waals surface area contributed by atoms with Gasteiger partial charge in [0.2, 0.25) is 0 Å². The largest absolute Gasteiger partial charge is 0.481 e. The van der Waals surface area contributed by atoms with Gasteiger partial charge in [0.25, 0.3) is 11.8 Å². The van der Waals surface area contributed by atoms with E-state index in [0.717, 1.165) is 12.8 Å². The second-order valence-corrected chi connectivity index (χ2v) is 6.65. The van der Waals surface area contributed by atoms with Crippen LogP contribution >= 0.6 is 0 Å². The third-order valence-corrected chi connectivity index (χ3v) is 4.46. The molecule has 0 bridgehead atoms. The van der Waals surface area contributed by atoms with Gasteiger partial charge in [0.05, 0.1) is 5.56 Å². The Morgan fingerprint density at radius 2 is 1.72 bits per heavy atom. The monoisotopic (exact) mass is 400 g/mol. The van der Waals surface area contributed by atoms with Gasteiger partial charge in [-0.25, -0.2) is 9.18 Å². The number of hydrogen-bond donors (Lipinski definition) is 1. The molecule has 1 aliphatic rings. The lowest BCUT2D eigenvalue weighted by molar-refractivity contribution is -0.154. The number of benzene rings is 2. The molecule has 3 rings (SSSR count). The van der Waals surface area contributed by atoms with Crippen molar-refractivity contribution in [3.63, 3.8) is 0 Å². The quantitative estimate of drug-likeness (QED) is 0.650. The summed E-state index contributed by atoms with van der Waals surface area (Å²) in [5, 5.41) is 0. The molecule has 7 nitrogen and oxygen atoms in total. The Morgan fingerprint density at radius 3 is 2.41 bits per heavy atom. The highest BCUT2D eigenvalue weighted by atomic mass is 19.1. The van der Waals surface area contributed by atoms with E-state index < -0.39 is 31.0 Å². The van der Waals surface area contributed by atoms with Crippen molar-refractivity contribution in [3.8, 4) is 5.75 Å². The van der Waals surface area contributed by atoms with Crippen molar-refractivity contribution in [2.24, 2.45) is 5.73 Å². The van der Waals surface area contributed by atoms with Gasteiger partial charge in [-0.2, -0.15) is 0 Å². The maximum Gasteiger partial charge on any atom is 0.344 e. The van der Waals surface area contributed by atoms with Crippen molar-refractivity contribution in [1.29, 1.82) is 0 Å². The Balaban J connectivity index is 1.52. The summed E-state index contributed by atoms with van der Waals surface area (Å²) in [7, 11) is 0. The summed E-state index contributed by atoms with van der Waals surface area (Å²) in [6.45, 7) is -0.824. The average molecular weight is 400 g/mol. The summed E-state index contributed by atoms with van der Waals surface area (Å²) in [5.74, 6) is -2.08. The van der Waals surface area contributed by atoms with Gasteiger partial charge in [-0.3, -0.25) is 9.59 Å². The number of para-hydroxylation sites is 1. The van der Waals surface area contributed by atoms with Gasteiger partial charge >= 0.3 is 5.97 Å². The summed E-state index contributed by atoms with van der Waals surface area (Å²) in [6.07, 6.45) is 1.67. The van der Waals surface area contributed by atoms with Gasteiger partial charge in [-0.05, 0) is 31.0 Å². The highest BCUT2D eigenvalue weighted by Crippen LogP contribution is 2.29. The van der Waals surface area contributed by atoms with Crippen LogP contribution in [0.1, 0.15) is 28.8 Å². The lowest BCUT2D eigenvalue weighted by atomic mass is 10.2. The number of nitrogens with two attached hydrogens (primary N) is 1. The molecule has 0 atom stereocenters. The minimum absolute atomic E-state index is 0.0273. The smallest absolute Gasteiger partial charge is 0.344 e. The minimum Gasteiger partial charge on any atom is -0.481 e. The number of carbonyl (C=O) groups is 3. The van der Waals surface area contributed by atoms with Crippen molar-refractivity contribution in [2.45, 2.75) is 25.4 Å². The van der Waals surface area contributed by atoms with Crippen LogP contribution in [0.15, 0.2) is 48.5 Å². The fourth-order valence-corrected chi connectivity index (χ4v) is 2.82. The maximum atomic E-state index is 13.9. The summed E-state index contributed by atoms with van der Waals surface area (Å²) in [5.41, 5.74) is 5.80. The van der Waals surface area contributed by atoms with Crippen LogP contribution in [0.2, 0.25) is 0 Å². The molecular weight excluding hydrogens is 379 g/mol. The first kappa shape index (κ1) is 20.3. The molecule has 2 aromatic carbocycles. The first-order valence-corrected chi connectivity index (χ1v) is 9.16. The fourth-order valence-electron chi connectivity index (χ4n) is 2.82. The zero-order chi connectivity index (χ0) is 20.8. The number of rotatable bonds is 9. The van der Waals surface area contributed by atoms with E-state index in [-0.39, 0.29) is 29.7 Å². The molecule has 0 saturated heterocycles. The van der Waals surface area contributed by atoms with Crippen LogP contribution in [0, 0.1) is 5.82 Å². The van der Waals surface area contributed by atoms with Crippen LogP contribution in [0.4, 0.5) is 4.39 Å². The van der Waals surface area contributed by atoms with Gasteiger partial charge in [0, 0.05) is 18.2 Å². The zero-order valence-electron chi connectivity index (χ0n) is 15.7. The summed E-state index contributed by atoms with van der Waals surface area (Å²) >= 11 is 0. The Morgan fingerprint density at radius 1 is 1.03 bits per heavy atom. The van der Waals surface area contributed by atoms with Gasteiger partial charge < -0.3 is 20.1 Å². The highest BCUT2D eigenvalue weighted by Gasteiger charge is 2.33. The van der Waals surface area contributed by atoms with Crippen LogP contribution in [-0.4, -0.2) is 41.9 Å². The molecule has 29 heavy (non-hydrogen) atoms. The SMILES string of the molecule is NC(=O)c1ccccc1OCC(=O)OCC(=O)N(Cc1ccccc1F)C1CC1. The van der Waals surface area contributed by atoms with Crippen molar-refractivity contribution >= 4 is 17.8 Å². The van der Waals surface area contributed by atoms with E-state index in [0.29, 0.717) is 5.56 Å². The van der Waals surface area contributed by atoms with Crippen LogP contribution < -0.4 is 10.5 Å². The van der Waals surface area contributed by atoms with E-state index in [1.165, 1.54) is 23.1 Å². The minimum atomic E-state index is -0.765. The normalized spacial score (nSPS) is 12.9. The van der Waals surface area contributed by atoms with Gasteiger partial charge in [-0.15, -0.1) is 0 Å². The molecule has 1 fully saturated rings. The molecule has 0 aliphatic heterocycles. The second-order valence-electron chi connectivity index (χ2n) is 6.65. The van der Waals surface area contributed by atoms with Gasteiger partial charge in [0.15, 0.2) is 13.2 Å². The molecule has 2 aromatic rings. The topological polar surface area (TPSA) is 98.9 Å². The predicted octanol–water partition coefficient (Wildman–Crippen LogP) is 2.04. The molecule has 1 aliphatic carbocycles. The molecular formula is C21H21FN2O5. The van der Waals surface area contributed by atoms with Crippen molar-refractivity contribution in [2.75, 3.05) is 13.2 Å². The first-order valence-electron chi connectivity index (χ1n) is 9.16. The fraction of sp³-hybridized carbons (Fsp3) is 0.286. The van der Waals surface area contributed by atoms with Crippen LogP contribution in [0.5, 0.6) is 5.75 Å². The Bertz CT molecular complexity index is 913. The van der Waals surface area contributed by atoms with E-state index in [9.17, 15) is 18.8 Å². The van der Waals surface area contributed by atoms with Crippen LogP contribution in [0.25, 0.3) is 0 Å². The lowest BCUT2D eigenvalue weighted by Gasteiger charge is -2.22. The molecule has 8 heteroatoms. The van der Waals surface area contributed by atoms with Crippen LogP contribution in [-0.2, 0) is 20.9 Å². The number of amides is 2. The highest BCUT2D eigenvalue weighted by molar-refractivity contribution is 5.95. The van der Waals surface area contributed by atoms with Crippen LogP contribution in [0.3, 0.4) is 0 Å². The van der Waals surface area contributed by atoms with Crippen molar-refractivity contribution in [1.82, 2.24) is 4.90 Å². The Labute approximate surface area is 167 Å². The third-order valence-electron chi connectivity index (χ3n) is 4.46. The maximum absolute atomic E-state index is 13.9. The molecule has 0 unspecified atom stereocenters. The second kappa shape index (κ2) is 9.18. The first-order chi connectivity index (χ1) is 14.0. The zero-order valence-corrected chi connectivity index (χ0v) is 15.7. The van der Waals surface area contributed by atoms with E-state index in [2.05, 4.69) is 0 Å². The number of primary amides is 1. The summed E-state index contributed by atoms with van der Waals surface area (Å²) in [6, 6.07) is 12.5. The van der Waals surface area contributed by atoms with E-state index in [1.54, 1.807) is 30.3 Å². The molecule has 2 N–H and O–H groups in total. The Kier molecular flexibility index (Phi) is 6.43. The summed E-state index contributed by atoms with van der Waals surface area (Å²) in [4.78, 5) is 37.3. The molecule has 152 valence electrons. The average Bonchev–Trinajstić information content (AvgIpc) is 3.55. The predicted molar refractivity (Wildman–Crippen MR) is 101 cm³/mol. The number of esters is 1. The molecule has 0 spiro atoms. The third kappa shape index (κ3) is 5.54. The van der Waals surface area contributed by atoms with Crippen molar-refractivity contribution in [3.05, 3.63) is 65.5 Å². The standard InChI is InChI=1S/C21H21FN2O5/c22-17-7-3-1-5-14(17)11-24(15-9-10-15)19(25)12-29-20(26)13-28-18-8-4-2-6-16(18)21(23)27/h1-8,15H,9-13H2,(H2,23,27). The molecule has 0 heterocycles. The number of nitrogens with zero attached hydrogens (tertiary/aromatic N) is 1. The molecule has 0 radical (unpaired) electrons. The summed E-state index contributed by atoms with van der Waals surface area (Å²) < 4.78 is 24.2. The van der Waals surface area contributed by atoms with Gasteiger partial charge in [-0.1, -0.05) is 30.3 Å². The lowest BCUT2D eigenvalue weighted by Crippen LogP contribution is -2.36.